The van der Waals surface area contributed by atoms with Gasteiger partial charge in [0.05, 0.1) is 25.5 Å². The Balaban J connectivity index is 1.81. The number of carbonyl (C=O) groups excluding carboxylic acids is 1. The summed E-state index contributed by atoms with van der Waals surface area (Å²) in [6, 6.07) is 0. The van der Waals surface area contributed by atoms with E-state index in [0.717, 1.165) is 36.0 Å². The highest BCUT2D eigenvalue weighted by molar-refractivity contribution is 7.18. The molecule has 2 aromatic rings. The number of hydrogen-bond acceptors (Lipinski definition) is 6. The molecule has 0 atom stereocenters. The average molecular weight is 363 g/mol. The highest BCUT2D eigenvalue weighted by Crippen LogP contribution is 2.34. The summed E-state index contributed by atoms with van der Waals surface area (Å²) in [6.45, 7) is 6.22. The van der Waals surface area contributed by atoms with Gasteiger partial charge in [0.2, 0.25) is 0 Å². The maximum Gasteiger partial charge on any atom is 0.306 e. The van der Waals surface area contributed by atoms with Crippen LogP contribution >= 0.6 is 11.3 Å². The first-order valence-electron chi connectivity index (χ1n) is 8.80. The quantitative estimate of drug-likeness (QED) is 0.765. The molecular formula is C18H25N3O3S. The molecule has 0 bridgehead atoms. The molecule has 3 rings (SSSR count). The second-order valence-electron chi connectivity index (χ2n) is 7.01. The number of rotatable bonds is 7. The number of thiophene rings is 1. The van der Waals surface area contributed by atoms with E-state index in [9.17, 15) is 9.59 Å². The topological polar surface area (TPSA) is 75.3 Å². The summed E-state index contributed by atoms with van der Waals surface area (Å²) in [7, 11) is 1.40. The third-order valence-electron chi connectivity index (χ3n) is 4.48. The average Bonchev–Trinajstić information content (AvgIpc) is 3.11. The number of aromatic amines is 1. The van der Waals surface area contributed by atoms with Crippen LogP contribution in [-0.2, 0) is 28.9 Å². The second-order valence-corrected chi connectivity index (χ2v) is 8.09. The molecule has 1 aliphatic rings. The Morgan fingerprint density at radius 1 is 1.40 bits per heavy atom. The number of hydrogen-bond donors (Lipinski definition) is 1. The van der Waals surface area contributed by atoms with Crippen LogP contribution in [0, 0.1) is 5.92 Å². The molecule has 0 radical (unpaired) electrons. The van der Waals surface area contributed by atoms with Crippen molar-refractivity contribution >= 4 is 27.5 Å². The lowest BCUT2D eigenvalue weighted by Crippen LogP contribution is -2.31. The predicted molar refractivity (Wildman–Crippen MR) is 99.0 cm³/mol. The second kappa shape index (κ2) is 7.66. The monoisotopic (exact) mass is 363 g/mol. The van der Waals surface area contributed by atoms with Crippen molar-refractivity contribution in [3.05, 3.63) is 26.6 Å². The van der Waals surface area contributed by atoms with Crippen LogP contribution in [0.4, 0.5) is 0 Å². The van der Waals surface area contributed by atoms with Gasteiger partial charge in [0.25, 0.3) is 5.56 Å². The number of H-pyrrole nitrogens is 1. The molecule has 0 aliphatic heterocycles. The van der Waals surface area contributed by atoms with Gasteiger partial charge >= 0.3 is 5.97 Å². The first kappa shape index (κ1) is 18.1. The number of nitrogens with one attached hydrogen (secondary N) is 1. The van der Waals surface area contributed by atoms with Crippen LogP contribution < -0.4 is 5.56 Å². The van der Waals surface area contributed by atoms with E-state index in [1.807, 2.05) is 0 Å². The van der Waals surface area contributed by atoms with Gasteiger partial charge in [-0.25, -0.2) is 4.98 Å². The summed E-state index contributed by atoms with van der Waals surface area (Å²) >= 11 is 1.65. The molecule has 2 aromatic heterocycles. The van der Waals surface area contributed by atoms with Gasteiger partial charge < -0.3 is 9.72 Å². The number of methoxy groups -OCH3 is 1. The van der Waals surface area contributed by atoms with Crippen molar-refractivity contribution in [3.63, 3.8) is 0 Å². The van der Waals surface area contributed by atoms with E-state index in [2.05, 4.69) is 23.7 Å². The molecule has 0 saturated carbocycles. The molecule has 0 aromatic carbocycles. The van der Waals surface area contributed by atoms with Crippen LogP contribution in [0.1, 0.15) is 43.0 Å². The fourth-order valence-corrected chi connectivity index (χ4v) is 4.72. The third-order valence-corrected chi connectivity index (χ3v) is 5.67. The van der Waals surface area contributed by atoms with Crippen molar-refractivity contribution in [1.82, 2.24) is 14.9 Å². The van der Waals surface area contributed by atoms with Gasteiger partial charge in [0, 0.05) is 18.0 Å². The smallest absolute Gasteiger partial charge is 0.306 e. The van der Waals surface area contributed by atoms with Crippen LogP contribution in [0.2, 0.25) is 0 Å². The molecule has 0 amide bonds. The largest absolute Gasteiger partial charge is 0.469 e. The zero-order valence-corrected chi connectivity index (χ0v) is 15.9. The molecule has 6 nitrogen and oxygen atoms in total. The minimum absolute atomic E-state index is 0.0307. The van der Waals surface area contributed by atoms with Crippen LogP contribution in [0.3, 0.4) is 0 Å². The maximum atomic E-state index is 12.6. The Hall–Kier alpha value is -1.73. The number of ether oxygens (including phenoxy) is 1. The van der Waals surface area contributed by atoms with Crippen LogP contribution in [0.15, 0.2) is 4.79 Å². The van der Waals surface area contributed by atoms with E-state index < -0.39 is 0 Å². The molecule has 25 heavy (non-hydrogen) atoms. The number of carbonyl (C=O) groups is 1. The van der Waals surface area contributed by atoms with Gasteiger partial charge in [0.15, 0.2) is 0 Å². The fourth-order valence-electron chi connectivity index (χ4n) is 3.44. The minimum atomic E-state index is -0.222. The van der Waals surface area contributed by atoms with Crippen LogP contribution in [0.5, 0.6) is 0 Å². The Labute approximate surface area is 151 Å². The van der Waals surface area contributed by atoms with Gasteiger partial charge in [0.1, 0.15) is 10.7 Å². The van der Waals surface area contributed by atoms with E-state index in [-0.39, 0.29) is 11.5 Å². The molecule has 0 saturated heterocycles. The number of aromatic nitrogens is 2. The minimum Gasteiger partial charge on any atom is -0.469 e. The summed E-state index contributed by atoms with van der Waals surface area (Å²) in [5.74, 6) is 0.905. The van der Waals surface area contributed by atoms with Gasteiger partial charge in [-0.15, -0.1) is 11.3 Å². The van der Waals surface area contributed by atoms with Crippen molar-refractivity contribution in [2.75, 3.05) is 20.2 Å². The van der Waals surface area contributed by atoms with Crippen LogP contribution in [0.25, 0.3) is 10.2 Å². The normalized spacial score (nSPS) is 13.8. The van der Waals surface area contributed by atoms with E-state index in [4.69, 9.17) is 9.72 Å². The number of aryl methyl sites for hydroxylation is 2. The first-order valence-corrected chi connectivity index (χ1v) is 9.62. The standard InChI is InChI=1S/C18H25N3O3S/c1-11(2)9-21(8-7-15(22)24-3)10-14-19-17(23)16-12-5-4-6-13(12)25-18(16)20-14/h11H,4-10H2,1-3H3,(H,19,20,23). The summed E-state index contributed by atoms with van der Waals surface area (Å²) in [4.78, 5) is 36.0. The molecule has 7 heteroatoms. The Morgan fingerprint density at radius 3 is 2.92 bits per heavy atom. The van der Waals surface area contributed by atoms with E-state index >= 15 is 0 Å². The van der Waals surface area contributed by atoms with Crippen LogP contribution in [-0.4, -0.2) is 41.0 Å². The molecule has 2 heterocycles. The van der Waals surface area contributed by atoms with Crippen molar-refractivity contribution < 1.29 is 9.53 Å². The highest BCUT2D eigenvalue weighted by atomic mass is 32.1. The summed E-state index contributed by atoms with van der Waals surface area (Å²) in [6.07, 6.45) is 3.51. The zero-order valence-electron chi connectivity index (χ0n) is 15.1. The summed E-state index contributed by atoms with van der Waals surface area (Å²) in [5, 5.41) is 0.784. The Kier molecular flexibility index (Phi) is 5.54. The molecule has 0 spiro atoms. The third kappa shape index (κ3) is 4.10. The van der Waals surface area contributed by atoms with Gasteiger partial charge in [-0.1, -0.05) is 13.8 Å². The lowest BCUT2D eigenvalue weighted by Gasteiger charge is -2.23. The number of nitrogens with zero attached hydrogens (tertiary/aromatic N) is 2. The fraction of sp³-hybridized carbons (Fsp3) is 0.611. The van der Waals surface area contributed by atoms with Gasteiger partial charge in [-0.05, 0) is 30.7 Å². The molecular weight excluding hydrogens is 338 g/mol. The Bertz CT molecular complexity index is 825. The van der Waals surface area contributed by atoms with E-state index in [0.29, 0.717) is 31.3 Å². The first-order chi connectivity index (χ1) is 12.0. The van der Waals surface area contributed by atoms with Crippen molar-refractivity contribution in [2.45, 2.75) is 46.1 Å². The van der Waals surface area contributed by atoms with Gasteiger partial charge in [-0.2, -0.15) is 0 Å². The Morgan fingerprint density at radius 2 is 2.20 bits per heavy atom. The molecule has 0 unspecified atom stereocenters. The van der Waals surface area contributed by atoms with Crippen molar-refractivity contribution in [1.29, 1.82) is 0 Å². The number of fused-ring (bicyclic) bond motifs is 3. The lowest BCUT2D eigenvalue weighted by atomic mass is 10.2. The highest BCUT2D eigenvalue weighted by Gasteiger charge is 2.21. The molecule has 1 aliphatic carbocycles. The van der Waals surface area contributed by atoms with Gasteiger partial charge in [-0.3, -0.25) is 14.5 Å². The zero-order chi connectivity index (χ0) is 18.0. The van der Waals surface area contributed by atoms with Crippen molar-refractivity contribution in [2.24, 2.45) is 5.92 Å². The van der Waals surface area contributed by atoms with Crippen molar-refractivity contribution in [3.8, 4) is 0 Å². The molecule has 136 valence electrons. The van der Waals surface area contributed by atoms with E-state index in [1.54, 1.807) is 11.3 Å². The summed E-state index contributed by atoms with van der Waals surface area (Å²) in [5.41, 5.74) is 1.17. The maximum absolute atomic E-state index is 12.6. The number of esters is 1. The SMILES string of the molecule is COC(=O)CCN(Cc1nc2sc3c(c2c(=O)[nH]1)CCC3)CC(C)C. The van der Waals surface area contributed by atoms with E-state index in [1.165, 1.54) is 17.6 Å². The molecule has 0 fully saturated rings. The predicted octanol–water partition coefficient (Wildman–Crippen LogP) is 2.49. The lowest BCUT2D eigenvalue weighted by molar-refractivity contribution is -0.141. The summed E-state index contributed by atoms with van der Waals surface area (Å²) < 4.78 is 4.73. The molecule has 1 N–H and O–H groups in total.